The maximum absolute atomic E-state index is 15.2. The Bertz CT molecular complexity index is 1320. The summed E-state index contributed by atoms with van der Waals surface area (Å²) in [6.45, 7) is 0.616. The predicted molar refractivity (Wildman–Crippen MR) is 123 cm³/mol. The van der Waals surface area contributed by atoms with Gasteiger partial charge < -0.3 is 9.47 Å². The normalized spacial score (nSPS) is 11.7. The lowest BCUT2D eigenvalue weighted by molar-refractivity contribution is -0.275. The third-order valence-electron chi connectivity index (χ3n) is 5.65. The van der Waals surface area contributed by atoms with Crippen LogP contribution in [0.15, 0.2) is 66.9 Å². The summed E-state index contributed by atoms with van der Waals surface area (Å²) in [5.41, 5.74) is 3.57. The van der Waals surface area contributed by atoms with Gasteiger partial charge in [0.15, 0.2) is 11.6 Å². The Morgan fingerprint density at radius 2 is 1.63 bits per heavy atom. The number of hydrogen-bond donors (Lipinski definition) is 0. The van der Waals surface area contributed by atoms with Gasteiger partial charge in [-0.15, -0.1) is 13.2 Å². The smallest absolute Gasteiger partial charge is 0.403 e. The maximum atomic E-state index is 15.2. The molecule has 0 radical (unpaired) electrons. The van der Waals surface area contributed by atoms with Crippen LogP contribution in [0.3, 0.4) is 0 Å². The van der Waals surface area contributed by atoms with Gasteiger partial charge in [-0.3, -0.25) is 4.98 Å². The molecule has 0 bridgehead atoms. The standard InChI is InChI=1S/C27H22F5NO2/c1-34-13-12-18-3-10-24(33-16-18)21-8-9-22-20(15-21)7-6-19(26(22)29)5-2-17-4-11-25(23(28)14-17)35-27(30,31)32/h3-4,6-11,14-16H,2,5,12-13H2,1H3. The van der Waals surface area contributed by atoms with E-state index in [1.54, 1.807) is 31.5 Å². The molecule has 8 heteroatoms. The molecule has 0 N–H and O–H groups in total. The van der Waals surface area contributed by atoms with Crippen LogP contribution in [0.2, 0.25) is 0 Å². The Labute approximate surface area is 199 Å². The molecule has 0 saturated heterocycles. The van der Waals surface area contributed by atoms with Crippen LogP contribution >= 0.6 is 0 Å². The first-order valence-corrected chi connectivity index (χ1v) is 10.9. The van der Waals surface area contributed by atoms with E-state index in [1.807, 2.05) is 24.3 Å². The Hall–Kier alpha value is -3.52. The summed E-state index contributed by atoms with van der Waals surface area (Å²) in [7, 11) is 1.65. The lowest BCUT2D eigenvalue weighted by Gasteiger charge is -2.11. The SMILES string of the molecule is COCCc1ccc(-c2ccc3c(F)c(CCc4ccc(OC(F)(F)F)c(F)c4)ccc3c2)nc1. The largest absolute Gasteiger partial charge is 0.573 e. The third kappa shape index (κ3) is 6.14. The third-order valence-corrected chi connectivity index (χ3v) is 5.65. The van der Waals surface area contributed by atoms with Crippen molar-refractivity contribution in [3.8, 4) is 17.0 Å². The lowest BCUT2D eigenvalue weighted by atomic mass is 9.98. The minimum atomic E-state index is -4.97. The van der Waals surface area contributed by atoms with Crippen molar-refractivity contribution in [2.45, 2.75) is 25.6 Å². The van der Waals surface area contributed by atoms with Crippen LogP contribution in [0.5, 0.6) is 5.75 Å². The molecule has 0 fully saturated rings. The van der Waals surface area contributed by atoms with Gasteiger partial charge in [-0.05, 0) is 65.6 Å². The zero-order chi connectivity index (χ0) is 25.0. The van der Waals surface area contributed by atoms with Crippen LogP contribution in [-0.4, -0.2) is 25.1 Å². The Kier molecular flexibility index (Phi) is 7.31. The fourth-order valence-electron chi connectivity index (χ4n) is 3.84. The summed E-state index contributed by atoms with van der Waals surface area (Å²) in [5, 5.41) is 1.16. The zero-order valence-electron chi connectivity index (χ0n) is 18.8. The number of alkyl halides is 3. The molecule has 0 saturated carbocycles. The monoisotopic (exact) mass is 487 g/mol. The van der Waals surface area contributed by atoms with E-state index in [1.165, 1.54) is 6.07 Å². The first kappa shape index (κ1) is 24.6. The molecule has 1 heterocycles. The molecular formula is C27H22F5NO2. The average Bonchev–Trinajstić information content (AvgIpc) is 2.83. The first-order valence-electron chi connectivity index (χ1n) is 10.9. The molecule has 182 valence electrons. The number of methoxy groups -OCH3 is 1. The average molecular weight is 487 g/mol. The van der Waals surface area contributed by atoms with Crippen molar-refractivity contribution in [2.24, 2.45) is 0 Å². The summed E-state index contributed by atoms with van der Waals surface area (Å²) in [6, 6.07) is 16.0. The topological polar surface area (TPSA) is 31.4 Å². The predicted octanol–water partition coefficient (Wildman–Crippen LogP) is 7.05. The van der Waals surface area contributed by atoms with E-state index in [2.05, 4.69) is 9.72 Å². The highest BCUT2D eigenvalue weighted by atomic mass is 19.4. The van der Waals surface area contributed by atoms with E-state index in [-0.39, 0.29) is 18.7 Å². The van der Waals surface area contributed by atoms with Gasteiger partial charge in [0.2, 0.25) is 0 Å². The Balaban J connectivity index is 1.48. The summed E-state index contributed by atoms with van der Waals surface area (Å²) in [5.74, 6) is -2.39. The molecular weight excluding hydrogens is 465 g/mol. The molecule has 3 aromatic carbocycles. The number of nitrogens with zero attached hydrogens (tertiary/aromatic N) is 1. The molecule has 0 aliphatic heterocycles. The quantitative estimate of drug-likeness (QED) is 0.250. The molecule has 0 aliphatic carbocycles. The van der Waals surface area contributed by atoms with E-state index < -0.39 is 17.9 Å². The van der Waals surface area contributed by atoms with Gasteiger partial charge >= 0.3 is 6.36 Å². The molecule has 0 aliphatic rings. The van der Waals surface area contributed by atoms with Crippen molar-refractivity contribution in [2.75, 3.05) is 13.7 Å². The van der Waals surface area contributed by atoms with Crippen LogP contribution in [0.4, 0.5) is 22.0 Å². The molecule has 4 rings (SSSR count). The minimum Gasteiger partial charge on any atom is -0.403 e. The second-order valence-corrected chi connectivity index (χ2v) is 8.08. The number of rotatable bonds is 8. The first-order chi connectivity index (χ1) is 16.7. The highest BCUT2D eigenvalue weighted by Gasteiger charge is 2.32. The number of hydrogen-bond acceptors (Lipinski definition) is 3. The van der Waals surface area contributed by atoms with Gasteiger partial charge in [-0.2, -0.15) is 0 Å². The second-order valence-electron chi connectivity index (χ2n) is 8.08. The Morgan fingerprint density at radius 1 is 0.829 bits per heavy atom. The van der Waals surface area contributed by atoms with E-state index in [0.29, 0.717) is 28.5 Å². The lowest BCUT2D eigenvalue weighted by Crippen LogP contribution is -2.18. The number of pyridine rings is 1. The summed E-state index contributed by atoms with van der Waals surface area (Å²) >= 11 is 0. The molecule has 35 heavy (non-hydrogen) atoms. The van der Waals surface area contributed by atoms with Crippen molar-refractivity contribution < 1.29 is 31.4 Å². The summed E-state index contributed by atoms with van der Waals surface area (Å²) in [4.78, 5) is 4.49. The van der Waals surface area contributed by atoms with E-state index in [0.717, 1.165) is 35.4 Å². The van der Waals surface area contributed by atoms with Crippen LogP contribution < -0.4 is 4.74 Å². The number of halogens is 5. The van der Waals surface area contributed by atoms with Crippen molar-refractivity contribution in [1.82, 2.24) is 4.98 Å². The summed E-state index contributed by atoms with van der Waals surface area (Å²) < 4.78 is 74.7. The molecule has 3 nitrogen and oxygen atoms in total. The van der Waals surface area contributed by atoms with Crippen molar-refractivity contribution in [3.05, 3.63) is 95.2 Å². The number of benzene rings is 3. The van der Waals surface area contributed by atoms with Crippen LogP contribution in [0.25, 0.3) is 22.0 Å². The highest BCUT2D eigenvalue weighted by Crippen LogP contribution is 2.29. The molecule has 0 amide bonds. The summed E-state index contributed by atoms with van der Waals surface area (Å²) in [6.07, 6.45) is -1.89. The van der Waals surface area contributed by atoms with Crippen molar-refractivity contribution >= 4 is 10.8 Å². The van der Waals surface area contributed by atoms with Crippen LogP contribution in [0, 0.1) is 11.6 Å². The number of ether oxygens (including phenoxy) is 2. The minimum absolute atomic E-state index is 0.253. The molecule has 0 spiro atoms. The highest BCUT2D eigenvalue weighted by molar-refractivity contribution is 5.88. The molecule has 0 atom stereocenters. The second kappa shape index (κ2) is 10.4. The van der Waals surface area contributed by atoms with Gasteiger partial charge in [0, 0.05) is 24.3 Å². The van der Waals surface area contributed by atoms with Crippen molar-refractivity contribution in [3.63, 3.8) is 0 Å². The van der Waals surface area contributed by atoms with E-state index in [4.69, 9.17) is 4.74 Å². The molecule has 1 aromatic heterocycles. The van der Waals surface area contributed by atoms with Gasteiger partial charge in [-0.25, -0.2) is 8.78 Å². The number of fused-ring (bicyclic) bond motifs is 1. The van der Waals surface area contributed by atoms with Crippen LogP contribution in [-0.2, 0) is 24.0 Å². The van der Waals surface area contributed by atoms with Gasteiger partial charge in [-0.1, -0.05) is 36.4 Å². The van der Waals surface area contributed by atoms with Gasteiger partial charge in [0.05, 0.1) is 12.3 Å². The van der Waals surface area contributed by atoms with Gasteiger partial charge in [0.1, 0.15) is 5.82 Å². The number of aromatic nitrogens is 1. The Morgan fingerprint density at radius 3 is 2.31 bits per heavy atom. The molecule has 0 unspecified atom stereocenters. The van der Waals surface area contributed by atoms with E-state index in [9.17, 15) is 17.6 Å². The van der Waals surface area contributed by atoms with Gasteiger partial charge in [0.25, 0.3) is 0 Å². The fraction of sp³-hybridized carbons (Fsp3) is 0.222. The number of aryl methyl sites for hydroxylation is 2. The fourth-order valence-corrected chi connectivity index (χ4v) is 3.84. The zero-order valence-corrected chi connectivity index (χ0v) is 18.8. The maximum Gasteiger partial charge on any atom is 0.573 e. The van der Waals surface area contributed by atoms with Crippen LogP contribution in [0.1, 0.15) is 16.7 Å². The van der Waals surface area contributed by atoms with Crippen molar-refractivity contribution in [1.29, 1.82) is 0 Å². The van der Waals surface area contributed by atoms with E-state index >= 15 is 4.39 Å². The molecule has 4 aromatic rings.